The van der Waals surface area contributed by atoms with Gasteiger partial charge >= 0.3 is 0 Å². The Morgan fingerprint density at radius 2 is 2.05 bits per heavy atom. The highest BCUT2D eigenvalue weighted by atomic mass is 35.5. The average molecular weight is 279 g/mol. The first-order chi connectivity index (χ1) is 9.04. The van der Waals surface area contributed by atoms with Crippen LogP contribution in [0.1, 0.15) is 0 Å². The summed E-state index contributed by atoms with van der Waals surface area (Å²) in [6.07, 6.45) is 0. The molecule has 96 valence electrons. The van der Waals surface area contributed by atoms with Crippen LogP contribution in [0.3, 0.4) is 0 Å². The van der Waals surface area contributed by atoms with Gasteiger partial charge in [-0.15, -0.1) is 0 Å². The van der Waals surface area contributed by atoms with Crippen LogP contribution < -0.4 is 5.73 Å². The molecule has 19 heavy (non-hydrogen) atoms. The van der Waals surface area contributed by atoms with Crippen molar-refractivity contribution in [3.63, 3.8) is 0 Å². The molecule has 1 heterocycles. The molecule has 0 spiro atoms. The maximum absolute atomic E-state index is 13.3. The summed E-state index contributed by atoms with van der Waals surface area (Å²) in [5.74, 6) is -0.382. The van der Waals surface area contributed by atoms with E-state index in [1.165, 1.54) is 24.3 Å². The van der Waals surface area contributed by atoms with Crippen LogP contribution in [0, 0.1) is 5.82 Å². The predicted molar refractivity (Wildman–Crippen MR) is 70.5 cm³/mol. The molecule has 0 aliphatic carbocycles. The van der Waals surface area contributed by atoms with Gasteiger partial charge in [-0.05, 0) is 24.3 Å². The van der Waals surface area contributed by atoms with Crippen molar-refractivity contribution in [2.24, 2.45) is 0 Å². The summed E-state index contributed by atoms with van der Waals surface area (Å²) in [6.45, 7) is 0. The Bertz CT molecular complexity index is 747. The third kappa shape index (κ3) is 1.98. The lowest BCUT2D eigenvalue weighted by molar-refractivity contribution is 0.478. The van der Waals surface area contributed by atoms with Crippen molar-refractivity contribution in [1.29, 1.82) is 0 Å². The topological polar surface area (TPSA) is 72.3 Å². The SMILES string of the molecule is Nc1ccc(-c2nc3cc(Cl)c(F)cc3o2)cc1O. The molecule has 0 fully saturated rings. The lowest BCUT2D eigenvalue weighted by Gasteiger charge is -1.99. The summed E-state index contributed by atoms with van der Waals surface area (Å²) in [5, 5.41) is 9.53. The number of fused-ring (bicyclic) bond motifs is 1. The molecule has 0 radical (unpaired) electrons. The van der Waals surface area contributed by atoms with Gasteiger partial charge in [0.15, 0.2) is 5.58 Å². The first kappa shape index (κ1) is 11.8. The molecule has 0 saturated carbocycles. The van der Waals surface area contributed by atoms with E-state index in [2.05, 4.69) is 4.98 Å². The van der Waals surface area contributed by atoms with Gasteiger partial charge in [0, 0.05) is 11.6 Å². The summed E-state index contributed by atoms with van der Waals surface area (Å²) in [4.78, 5) is 4.19. The normalized spacial score (nSPS) is 11.1. The van der Waals surface area contributed by atoms with Crippen LogP contribution in [0.15, 0.2) is 34.7 Å². The van der Waals surface area contributed by atoms with E-state index in [9.17, 15) is 9.50 Å². The van der Waals surface area contributed by atoms with Gasteiger partial charge in [-0.3, -0.25) is 0 Å². The van der Waals surface area contributed by atoms with Crippen LogP contribution >= 0.6 is 11.6 Å². The highest BCUT2D eigenvalue weighted by Gasteiger charge is 2.12. The first-order valence-electron chi connectivity index (χ1n) is 5.39. The van der Waals surface area contributed by atoms with Crippen molar-refractivity contribution in [3.05, 3.63) is 41.2 Å². The third-order valence-electron chi connectivity index (χ3n) is 2.71. The molecule has 0 unspecified atom stereocenters. The number of nitrogens with two attached hydrogens (primary N) is 1. The van der Waals surface area contributed by atoms with E-state index in [1.54, 1.807) is 6.07 Å². The summed E-state index contributed by atoms with van der Waals surface area (Å²) >= 11 is 5.68. The van der Waals surface area contributed by atoms with Gasteiger partial charge < -0.3 is 15.3 Å². The van der Waals surface area contributed by atoms with E-state index in [0.29, 0.717) is 11.1 Å². The molecule has 6 heteroatoms. The van der Waals surface area contributed by atoms with E-state index in [1.807, 2.05) is 0 Å². The van der Waals surface area contributed by atoms with E-state index < -0.39 is 5.82 Å². The van der Waals surface area contributed by atoms with E-state index in [-0.39, 0.29) is 27.9 Å². The zero-order chi connectivity index (χ0) is 13.6. The third-order valence-corrected chi connectivity index (χ3v) is 3.00. The van der Waals surface area contributed by atoms with E-state index in [0.717, 1.165) is 0 Å². The summed E-state index contributed by atoms with van der Waals surface area (Å²) in [5.41, 5.74) is 7.04. The number of phenolic OH excluding ortho intramolecular Hbond substituents is 1. The highest BCUT2D eigenvalue weighted by molar-refractivity contribution is 6.31. The van der Waals surface area contributed by atoms with Gasteiger partial charge in [0.25, 0.3) is 0 Å². The molecule has 0 aliphatic heterocycles. The van der Waals surface area contributed by atoms with Crippen LogP contribution in [0.5, 0.6) is 5.75 Å². The molecule has 0 bridgehead atoms. The molecule has 0 amide bonds. The molecule has 0 saturated heterocycles. The molecule has 3 N–H and O–H groups in total. The second kappa shape index (κ2) is 4.13. The number of anilines is 1. The van der Waals surface area contributed by atoms with Crippen molar-refractivity contribution >= 4 is 28.4 Å². The van der Waals surface area contributed by atoms with Crippen molar-refractivity contribution < 1.29 is 13.9 Å². The summed E-state index contributed by atoms with van der Waals surface area (Å²) in [7, 11) is 0. The number of nitrogens with zero attached hydrogens (tertiary/aromatic N) is 1. The molecule has 2 aromatic carbocycles. The van der Waals surface area contributed by atoms with Crippen molar-refractivity contribution in [3.8, 4) is 17.2 Å². The molecule has 3 aromatic rings. The monoisotopic (exact) mass is 278 g/mol. The number of aromatic hydroxyl groups is 1. The van der Waals surface area contributed by atoms with E-state index >= 15 is 0 Å². The zero-order valence-electron chi connectivity index (χ0n) is 9.52. The second-order valence-corrected chi connectivity index (χ2v) is 4.43. The van der Waals surface area contributed by atoms with E-state index in [4.69, 9.17) is 21.8 Å². The predicted octanol–water partition coefficient (Wildman–Crippen LogP) is 3.58. The Balaban J connectivity index is 2.17. The second-order valence-electron chi connectivity index (χ2n) is 4.03. The van der Waals surface area contributed by atoms with Crippen LogP contribution in [-0.4, -0.2) is 10.1 Å². The maximum Gasteiger partial charge on any atom is 0.227 e. The number of nitrogen functional groups attached to an aromatic ring is 1. The van der Waals surface area contributed by atoms with Crippen molar-refractivity contribution in [2.75, 3.05) is 5.73 Å². The minimum Gasteiger partial charge on any atom is -0.506 e. The lowest BCUT2D eigenvalue weighted by atomic mass is 10.2. The Labute approximate surface area is 112 Å². The zero-order valence-corrected chi connectivity index (χ0v) is 10.3. The largest absolute Gasteiger partial charge is 0.506 e. The molecular formula is C13H8ClFN2O2. The number of phenols is 1. The molecular weight excluding hydrogens is 271 g/mol. The van der Waals surface area contributed by atoms with Crippen molar-refractivity contribution in [1.82, 2.24) is 4.98 Å². The Hall–Kier alpha value is -2.27. The van der Waals surface area contributed by atoms with Crippen LogP contribution in [0.25, 0.3) is 22.6 Å². The van der Waals surface area contributed by atoms with Gasteiger partial charge in [0.05, 0.1) is 10.7 Å². The molecule has 3 rings (SSSR count). The standard InChI is InChI=1S/C13H8ClFN2O2/c14-7-4-10-12(5-8(7)15)19-13(17-10)6-1-2-9(16)11(18)3-6/h1-5,18H,16H2. The number of halogens is 2. The summed E-state index contributed by atoms with van der Waals surface area (Å²) < 4.78 is 18.7. The summed E-state index contributed by atoms with van der Waals surface area (Å²) in [6, 6.07) is 7.17. The van der Waals surface area contributed by atoms with Gasteiger partial charge in [0.1, 0.15) is 17.1 Å². The van der Waals surface area contributed by atoms with Crippen LogP contribution in [-0.2, 0) is 0 Å². The van der Waals surface area contributed by atoms with Gasteiger partial charge in [0.2, 0.25) is 5.89 Å². The maximum atomic E-state index is 13.3. The number of aromatic nitrogens is 1. The first-order valence-corrected chi connectivity index (χ1v) is 5.77. The fourth-order valence-electron chi connectivity index (χ4n) is 1.72. The fraction of sp³-hybridized carbons (Fsp3) is 0. The van der Waals surface area contributed by atoms with Crippen molar-refractivity contribution in [2.45, 2.75) is 0 Å². The van der Waals surface area contributed by atoms with Gasteiger partial charge in [-0.25, -0.2) is 9.37 Å². The Morgan fingerprint density at radius 3 is 2.79 bits per heavy atom. The number of rotatable bonds is 1. The fourth-order valence-corrected chi connectivity index (χ4v) is 1.88. The number of oxazole rings is 1. The molecule has 4 nitrogen and oxygen atoms in total. The lowest BCUT2D eigenvalue weighted by Crippen LogP contribution is -1.85. The highest BCUT2D eigenvalue weighted by Crippen LogP contribution is 2.31. The van der Waals surface area contributed by atoms with Crippen LogP contribution in [0.2, 0.25) is 5.02 Å². The molecule has 0 aliphatic rings. The number of hydrogen-bond acceptors (Lipinski definition) is 4. The quantitative estimate of drug-likeness (QED) is 0.527. The van der Waals surface area contributed by atoms with Gasteiger partial charge in [-0.2, -0.15) is 0 Å². The van der Waals surface area contributed by atoms with Crippen LogP contribution in [0.4, 0.5) is 10.1 Å². The Morgan fingerprint density at radius 1 is 1.26 bits per heavy atom. The number of benzene rings is 2. The molecule has 1 aromatic heterocycles. The smallest absolute Gasteiger partial charge is 0.227 e. The van der Waals surface area contributed by atoms with Gasteiger partial charge in [-0.1, -0.05) is 11.6 Å². The Kier molecular flexibility index (Phi) is 2.57. The minimum atomic E-state index is -0.572. The molecule has 0 atom stereocenters. The average Bonchev–Trinajstić information content (AvgIpc) is 2.76. The number of hydrogen-bond donors (Lipinski definition) is 2. The minimum absolute atomic E-state index is 0.0208.